The number of nitrogens with zero attached hydrogens (tertiary/aromatic N) is 2. The largest absolute Gasteiger partial charge is 0.480 e. The summed E-state index contributed by atoms with van der Waals surface area (Å²) in [7, 11) is 0. The van der Waals surface area contributed by atoms with Gasteiger partial charge in [-0.15, -0.1) is 0 Å². The van der Waals surface area contributed by atoms with E-state index in [-0.39, 0.29) is 6.54 Å². The van der Waals surface area contributed by atoms with E-state index in [1.165, 1.54) is 25.7 Å². The molecule has 0 aromatic carbocycles. The summed E-state index contributed by atoms with van der Waals surface area (Å²) >= 11 is 0. The zero-order valence-corrected chi connectivity index (χ0v) is 10.8. The van der Waals surface area contributed by atoms with Crippen LogP contribution in [0.4, 0.5) is 0 Å². The van der Waals surface area contributed by atoms with E-state index >= 15 is 0 Å². The molecule has 1 unspecified atom stereocenters. The van der Waals surface area contributed by atoms with Gasteiger partial charge in [-0.1, -0.05) is 19.3 Å². The Morgan fingerprint density at radius 1 is 1.29 bits per heavy atom. The maximum atomic E-state index is 10.6. The lowest BCUT2D eigenvalue weighted by Gasteiger charge is -2.39. The van der Waals surface area contributed by atoms with Crippen molar-refractivity contribution in [2.45, 2.75) is 38.6 Å². The monoisotopic (exact) mass is 240 g/mol. The van der Waals surface area contributed by atoms with Crippen molar-refractivity contribution < 1.29 is 9.90 Å². The van der Waals surface area contributed by atoms with Crippen LogP contribution >= 0.6 is 0 Å². The van der Waals surface area contributed by atoms with E-state index in [4.69, 9.17) is 5.11 Å². The van der Waals surface area contributed by atoms with E-state index in [1.807, 2.05) is 4.90 Å². The SMILES string of the molecule is CC(CC1CCC1)N1CCN(CC(=O)O)CC1. The van der Waals surface area contributed by atoms with E-state index in [0.29, 0.717) is 6.04 Å². The summed E-state index contributed by atoms with van der Waals surface area (Å²) < 4.78 is 0. The highest BCUT2D eigenvalue weighted by atomic mass is 16.4. The van der Waals surface area contributed by atoms with Crippen LogP contribution in [-0.2, 0) is 4.79 Å². The third-order valence-electron chi connectivity index (χ3n) is 4.29. The van der Waals surface area contributed by atoms with Crippen molar-refractivity contribution >= 4 is 5.97 Å². The molecular weight excluding hydrogens is 216 g/mol. The molecule has 0 bridgehead atoms. The Morgan fingerprint density at radius 3 is 2.41 bits per heavy atom. The number of rotatable bonds is 5. The molecule has 1 aliphatic carbocycles. The number of carboxylic acids is 1. The number of hydrogen-bond donors (Lipinski definition) is 1. The number of aliphatic carboxylic acids is 1. The van der Waals surface area contributed by atoms with E-state index < -0.39 is 5.97 Å². The smallest absolute Gasteiger partial charge is 0.317 e. The standard InChI is InChI=1S/C13H24N2O2/c1-11(9-12-3-2-4-12)15-7-5-14(6-8-15)10-13(16)17/h11-12H,2-10H2,1H3,(H,16,17). The predicted molar refractivity (Wildman–Crippen MR) is 67.1 cm³/mol. The van der Waals surface area contributed by atoms with Gasteiger partial charge in [0.05, 0.1) is 6.54 Å². The minimum absolute atomic E-state index is 0.199. The second-order valence-electron chi connectivity index (χ2n) is 5.59. The maximum absolute atomic E-state index is 10.6. The van der Waals surface area contributed by atoms with Gasteiger partial charge in [0.2, 0.25) is 0 Å². The van der Waals surface area contributed by atoms with E-state index in [0.717, 1.165) is 32.1 Å². The summed E-state index contributed by atoms with van der Waals surface area (Å²) in [6.45, 7) is 6.39. The van der Waals surface area contributed by atoms with Gasteiger partial charge < -0.3 is 5.11 Å². The first-order chi connectivity index (χ1) is 8.15. The minimum Gasteiger partial charge on any atom is -0.480 e. The summed E-state index contributed by atoms with van der Waals surface area (Å²) in [5, 5.41) is 8.74. The van der Waals surface area contributed by atoms with Crippen molar-refractivity contribution in [3.63, 3.8) is 0 Å². The molecule has 0 radical (unpaired) electrons. The molecule has 1 aliphatic heterocycles. The molecule has 4 nitrogen and oxygen atoms in total. The maximum Gasteiger partial charge on any atom is 0.317 e. The number of hydrogen-bond acceptors (Lipinski definition) is 3. The van der Waals surface area contributed by atoms with Crippen LogP contribution in [0, 0.1) is 5.92 Å². The Kier molecular flexibility index (Phi) is 4.40. The molecule has 1 saturated carbocycles. The quantitative estimate of drug-likeness (QED) is 0.786. The first kappa shape index (κ1) is 12.8. The Morgan fingerprint density at radius 2 is 1.94 bits per heavy atom. The molecule has 1 saturated heterocycles. The molecule has 2 rings (SSSR count). The van der Waals surface area contributed by atoms with Crippen molar-refractivity contribution in [2.24, 2.45) is 5.92 Å². The Hall–Kier alpha value is -0.610. The highest BCUT2D eigenvalue weighted by molar-refractivity contribution is 5.69. The Balaban J connectivity index is 1.68. The summed E-state index contributed by atoms with van der Waals surface area (Å²) in [4.78, 5) is 15.2. The molecule has 2 fully saturated rings. The first-order valence-corrected chi connectivity index (χ1v) is 6.83. The van der Waals surface area contributed by atoms with Crippen LogP contribution in [0.2, 0.25) is 0 Å². The molecule has 2 aliphatic rings. The van der Waals surface area contributed by atoms with Gasteiger partial charge >= 0.3 is 5.97 Å². The van der Waals surface area contributed by atoms with Crippen molar-refractivity contribution in [2.75, 3.05) is 32.7 Å². The van der Waals surface area contributed by atoms with Crippen molar-refractivity contribution in [1.82, 2.24) is 9.80 Å². The fourth-order valence-electron chi connectivity index (χ4n) is 2.91. The molecule has 1 heterocycles. The third-order valence-corrected chi connectivity index (χ3v) is 4.29. The Bertz CT molecular complexity index is 258. The third kappa shape index (κ3) is 3.68. The molecule has 0 aromatic rings. The number of carboxylic acid groups (broad SMARTS) is 1. The minimum atomic E-state index is -0.707. The van der Waals surface area contributed by atoms with E-state index in [9.17, 15) is 4.79 Å². The second-order valence-corrected chi connectivity index (χ2v) is 5.59. The summed E-state index contributed by atoms with van der Waals surface area (Å²) in [6, 6.07) is 0.673. The zero-order chi connectivity index (χ0) is 12.3. The predicted octanol–water partition coefficient (Wildman–Crippen LogP) is 1.27. The van der Waals surface area contributed by atoms with Crippen LogP contribution in [0.1, 0.15) is 32.6 Å². The highest BCUT2D eigenvalue weighted by Gasteiger charge is 2.26. The normalized spacial score (nSPS) is 25.5. The molecular formula is C13H24N2O2. The van der Waals surface area contributed by atoms with Crippen LogP contribution in [0.5, 0.6) is 0 Å². The average Bonchev–Trinajstić information content (AvgIpc) is 2.23. The topological polar surface area (TPSA) is 43.8 Å². The lowest BCUT2D eigenvalue weighted by Crippen LogP contribution is -2.51. The van der Waals surface area contributed by atoms with Gasteiger partial charge in [0.25, 0.3) is 0 Å². The highest BCUT2D eigenvalue weighted by Crippen LogP contribution is 2.31. The van der Waals surface area contributed by atoms with Crippen LogP contribution in [0.25, 0.3) is 0 Å². The number of carbonyl (C=O) groups is 1. The average molecular weight is 240 g/mol. The molecule has 1 atom stereocenters. The van der Waals surface area contributed by atoms with Crippen LogP contribution < -0.4 is 0 Å². The fraction of sp³-hybridized carbons (Fsp3) is 0.923. The Labute approximate surface area is 104 Å². The lowest BCUT2D eigenvalue weighted by atomic mass is 9.81. The van der Waals surface area contributed by atoms with Crippen LogP contribution in [0.3, 0.4) is 0 Å². The lowest BCUT2D eigenvalue weighted by molar-refractivity contribution is -0.138. The van der Waals surface area contributed by atoms with Gasteiger partial charge in [0.1, 0.15) is 0 Å². The van der Waals surface area contributed by atoms with Gasteiger partial charge in [-0.05, 0) is 19.3 Å². The van der Waals surface area contributed by atoms with E-state index in [1.54, 1.807) is 0 Å². The summed E-state index contributed by atoms with van der Waals surface area (Å²) in [5.74, 6) is 0.253. The van der Waals surface area contributed by atoms with Crippen molar-refractivity contribution in [3.05, 3.63) is 0 Å². The fourth-order valence-corrected chi connectivity index (χ4v) is 2.91. The van der Waals surface area contributed by atoms with Gasteiger partial charge in [-0.3, -0.25) is 14.6 Å². The molecule has 0 spiro atoms. The molecule has 17 heavy (non-hydrogen) atoms. The zero-order valence-electron chi connectivity index (χ0n) is 10.8. The van der Waals surface area contributed by atoms with Gasteiger partial charge in [0.15, 0.2) is 0 Å². The summed E-state index contributed by atoms with van der Waals surface area (Å²) in [5.41, 5.74) is 0. The molecule has 4 heteroatoms. The second kappa shape index (κ2) is 5.83. The summed E-state index contributed by atoms with van der Waals surface area (Å²) in [6.07, 6.45) is 5.59. The van der Waals surface area contributed by atoms with Crippen LogP contribution in [-0.4, -0.2) is 59.6 Å². The molecule has 1 N–H and O–H groups in total. The number of piperazine rings is 1. The molecule has 98 valence electrons. The van der Waals surface area contributed by atoms with Gasteiger partial charge in [-0.25, -0.2) is 0 Å². The van der Waals surface area contributed by atoms with E-state index in [2.05, 4.69) is 11.8 Å². The first-order valence-electron chi connectivity index (χ1n) is 6.83. The van der Waals surface area contributed by atoms with Crippen molar-refractivity contribution in [3.8, 4) is 0 Å². The molecule has 0 amide bonds. The van der Waals surface area contributed by atoms with Crippen LogP contribution in [0.15, 0.2) is 0 Å². The molecule has 0 aromatic heterocycles. The van der Waals surface area contributed by atoms with Gasteiger partial charge in [-0.2, -0.15) is 0 Å². The van der Waals surface area contributed by atoms with Gasteiger partial charge in [0, 0.05) is 32.2 Å². The van der Waals surface area contributed by atoms with Crippen molar-refractivity contribution in [1.29, 1.82) is 0 Å².